The van der Waals surface area contributed by atoms with Gasteiger partial charge in [-0.3, -0.25) is 4.79 Å². The Morgan fingerprint density at radius 3 is 2.45 bits per heavy atom. The van der Waals surface area contributed by atoms with Crippen molar-refractivity contribution >= 4 is 43.5 Å². The molecule has 104 valence electrons. The second-order valence-corrected chi connectivity index (χ2v) is 5.87. The molecule has 1 amide bonds. The Labute approximate surface area is 133 Å². The minimum Gasteiger partial charge on any atom is -0.322 e. The number of benzene rings is 2. The largest absolute Gasteiger partial charge is 0.322 e. The molecule has 2 aromatic carbocycles. The van der Waals surface area contributed by atoms with Crippen LogP contribution in [0.15, 0.2) is 46.9 Å². The van der Waals surface area contributed by atoms with Gasteiger partial charge in [0.25, 0.3) is 5.91 Å². The molecule has 0 aliphatic heterocycles. The molecule has 0 saturated carbocycles. The minimum absolute atomic E-state index is 0.287. The van der Waals surface area contributed by atoms with E-state index in [0.717, 1.165) is 11.8 Å². The van der Waals surface area contributed by atoms with Crippen molar-refractivity contribution in [2.45, 2.75) is 6.42 Å². The lowest BCUT2D eigenvalue weighted by molar-refractivity contribution is 0.102. The van der Waals surface area contributed by atoms with Crippen molar-refractivity contribution in [3.8, 4) is 0 Å². The molecule has 5 heteroatoms. The monoisotopic (exact) mass is 399 g/mol. The first kappa shape index (κ1) is 15.2. The average Bonchev–Trinajstić information content (AvgIpc) is 2.44. The molecule has 0 spiro atoms. The number of aryl methyl sites for hydroxylation is 1. The lowest BCUT2D eigenvalue weighted by Crippen LogP contribution is -2.12. The molecule has 0 radical (unpaired) electrons. The van der Waals surface area contributed by atoms with E-state index in [0.29, 0.717) is 10.2 Å². The van der Waals surface area contributed by atoms with Crippen LogP contribution < -0.4 is 5.32 Å². The van der Waals surface area contributed by atoms with Crippen molar-refractivity contribution in [3.05, 3.63) is 63.9 Å². The molecule has 0 fully saturated rings. The van der Waals surface area contributed by atoms with Gasteiger partial charge in [0, 0.05) is 16.6 Å². The molecule has 2 nitrogen and oxygen atoms in total. The number of hydrogen-bond donors (Lipinski definition) is 1. The Hall–Kier alpha value is -1.20. The third-order valence-electron chi connectivity index (χ3n) is 2.78. The Morgan fingerprint density at radius 2 is 1.85 bits per heavy atom. The van der Waals surface area contributed by atoms with Crippen LogP contribution in [-0.4, -0.2) is 11.2 Å². The first-order valence-electron chi connectivity index (χ1n) is 6.01. The minimum atomic E-state index is -0.453. The number of alkyl halides is 1. The number of anilines is 1. The van der Waals surface area contributed by atoms with Crippen molar-refractivity contribution in [2.24, 2.45) is 0 Å². The summed E-state index contributed by atoms with van der Waals surface area (Å²) in [5, 5.41) is 3.64. The quantitative estimate of drug-likeness (QED) is 0.735. The SMILES string of the molecule is O=C(Nc1ccc(CCBr)cc1)c1ccc(Br)c(F)c1. The number of amides is 1. The fraction of sp³-hybridized carbons (Fsp3) is 0.133. The molecular weight excluding hydrogens is 389 g/mol. The lowest BCUT2D eigenvalue weighted by atomic mass is 10.1. The predicted octanol–water partition coefficient (Wildman–Crippen LogP) is 4.78. The summed E-state index contributed by atoms with van der Waals surface area (Å²) in [4.78, 5) is 12.0. The number of nitrogens with one attached hydrogen (secondary N) is 1. The van der Waals surface area contributed by atoms with Crippen molar-refractivity contribution < 1.29 is 9.18 Å². The van der Waals surface area contributed by atoms with Gasteiger partial charge in [-0.15, -0.1) is 0 Å². The maximum atomic E-state index is 13.4. The molecule has 20 heavy (non-hydrogen) atoms. The van der Waals surface area contributed by atoms with E-state index in [1.807, 2.05) is 24.3 Å². The Morgan fingerprint density at radius 1 is 1.15 bits per heavy atom. The Bertz CT molecular complexity index is 614. The van der Waals surface area contributed by atoms with E-state index in [4.69, 9.17) is 0 Å². The molecule has 0 aliphatic rings. The highest BCUT2D eigenvalue weighted by Crippen LogP contribution is 2.18. The molecule has 2 rings (SSSR count). The predicted molar refractivity (Wildman–Crippen MR) is 86.0 cm³/mol. The zero-order chi connectivity index (χ0) is 14.5. The lowest BCUT2D eigenvalue weighted by Gasteiger charge is -2.07. The van der Waals surface area contributed by atoms with Gasteiger partial charge in [0.15, 0.2) is 0 Å². The van der Waals surface area contributed by atoms with Crippen LogP contribution in [0.2, 0.25) is 0 Å². The van der Waals surface area contributed by atoms with Crippen molar-refractivity contribution in [3.63, 3.8) is 0 Å². The maximum absolute atomic E-state index is 13.4. The second kappa shape index (κ2) is 6.99. The van der Waals surface area contributed by atoms with Crippen molar-refractivity contribution in [2.75, 3.05) is 10.6 Å². The van der Waals surface area contributed by atoms with E-state index < -0.39 is 5.82 Å². The summed E-state index contributed by atoms with van der Waals surface area (Å²) in [5.41, 5.74) is 2.17. The van der Waals surface area contributed by atoms with E-state index in [1.165, 1.54) is 17.7 Å². The first-order valence-corrected chi connectivity index (χ1v) is 7.93. The molecule has 0 unspecified atom stereocenters. The van der Waals surface area contributed by atoms with Crippen LogP contribution in [0.25, 0.3) is 0 Å². The highest BCUT2D eigenvalue weighted by molar-refractivity contribution is 9.10. The van der Waals surface area contributed by atoms with Gasteiger partial charge in [0.05, 0.1) is 4.47 Å². The van der Waals surface area contributed by atoms with Gasteiger partial charge in [0.2, 0.25) is 0 Å². The third-order valence-corrected chi connectivity index (χ3v) is 3.82. The summed E-state index contributed by atoms with van der Waals surface area (Å²) >= 11 is 6.44. The fourth-order valence-corrected chi connectivity index (χ4v) is 2.41. The number of carbonyl (C=O) groups is 1. The van der Waals surface area contributed by atoms with Crippen LogP contribution >= 0.6 is 31.9 Å². The summed E-state index contributed by atoms with van der Waals surface area (Å²) in [7, 11) is 0. The molecule has 0 atom stereocenters. The molecule has 1 N–H and O–H groups in total. The van der Waals surface area contributed by atoms with Gasteiger partial charge in [-0.25, -0.2) is 4.39 Å². The van der Waals surface area contributed by atoms with E-state index in [2.05, 4.69) is 37.2 Å². The van der Waals surface area contributed by atoms with Gasteiger partial charge in [-0.2, -0.15) is 0 Å². The highest BCUT2D eigenvalue weighted by atomic mass is 79.9. The molecule has 0 saturated heterocycles. The molecular formula is C15H12Br2FNO. The third kappa shape index (κ3) is 3.90. The van der Waals surface area contributed by atoms with Crippen LogP contribution in [0.5, 0.6) is 0 Å². The zero-order valence-electron chi connectivity index (χ0n) is 10.5. The summed E-state index contributed by atoms with van der Waals surface area (Å²) in [6.07, 6.45) is 0.937. The topological polar surface area (TPSA) is 29.1 Å². The smallest absolute Gasteiger partial charge is 0.255 e. The summed E-state index contributed by atoms with van der Waals surface area (Å²) < 4.78 is 13.7. The highest BCUT2D eigenvalue weighted by Gasteiger charge is 2.09. The summed E-state index contributed by atoms with van der Waals surface area (Å²) in [5.74, 6) is -0.782. The van der Waals surface area contributed by atoms with Crippen LogP contribution in [0.3, 0.4) is 0 Å². The van der Waals surface area contributed by atoms with Crippen LogP contribution in [0.4, 0.5) is 10.1 Å². The first-order chi connectivity index (χ1) is 9.60. The maximum Gasteiger partial charge on any atom is 0.255 e. The van der Waals surface area contributed by atoms with E-state index in [-0.39, 0.29) is 11.5 Å². The number of rotatable bonds is 4. The van der Waals surface area contributed by atoms with Gasteiger partial charge in [-0.05, 0) is 58.2 Å². The van der Waals surface area contributed by atoms with E-state index in [1.54, 1.807) is 6.07 Å². The number of halogens is 3. The molecule has 2 aromatic rings. The molecule has 0 heterocycles. The molecule has 0 aliphatic carbocycles. The van der Waals surface area contributed by atoms with Gasteiger partial charge >= 0.3 is 0 Å². The van der Waals surface area contributed by atoms with Crippen molar-refractivity contribution in [1.29, 1.82) is 0 Å². The molecule has 0 bridgehead atoms. The fourth-order valence-electron chi connectivity index (χ4n) is 1.70. The van der Waals surface area contributed by atoms with E-state index >= 15 is 0 Å². The Balaban J connectivity index is 2.08. The summed E-state index contributed by atoms with van der Waals surface area (Å²) in [6.45, 7) is 0. The van der Waals surface area contributed by atoms with Crippen LogP contribution in [-0.2, 0) is 6.42 Å². The molecule has 0 aromatic heterocycles. The summed E-state index contributed by atoms with van der Waals surface area (Å²) in [6, 6.07) is 11.9. The number of carbonyl (C=O) groups excluding carboxylic acids is 1. The van der Waals surface area contributed by atoms with Crippen molar-refractivity contribution in [1.82, 2.24) is 0 Å². The second-order valence-electron chi connectivity index (χ2n) is 4.22. The van der Waals surface area contributed by atoms with Gasteiger partial charge in [0.1, 0.15) is 5.82 Å². The van der Waals surface area contributed by atoms with Crippen LogP contribution in [0.1, 0.15) is 15.9 Å². The van der Waals surface area contributed by atoms with Crippen LogP contribution in [0, 0.1) is 5.82 Å². The van der Waals surface area contributed by atoms with E-state index in [9.17, 15) is 9.18 Å². The normalized spacial score (nSPS) is 10.3. The zero-order valence-corrected chi connectivity index (χ0v) is 13.7. The van der Waals surface area contributed by atoms with Gasteiger partial charge in [-0.1, -0.05) is 28.1 Å². The standard InChI is InChI=1S/C15H12Br2FNO/c16-8-7-10-1-4-12(5-2-10)19-15(20)11-3-6-13(17)14(18)9-11/h1-6,9H,7-8H2,(H,19,20). The Kier molecular flexibility index (Phi) is 5.31. The number of hydrogen-bond acceptors (Lipinski definition) is 1. The average molecular weight is 401 g/mol. The van der Waals surface area contributed by atoms with Gasteiger partial charge < -0.3 is 5.32 Å².